The van der Waals surface area contributed by atoms with Crippen LogP contribution in [0.2, 0.25) is 0 Å². The van der Waals surface area contributed by atoms with E-state index >= 15 is 0 Å². The molecular weight excluding hydrogens is 284 g/mol. The summed E-state index contributed by atoms with van der Waals surface area (Å²) in [6.07, 6.45) is 1.36. The minimum Gasteiger partial charge on any atom is -0.195 e. The van der Waals surface area contributed by atoms with Crippen LogP contribution in [-0.4, -0.2) is 50.1 Å². The van der Waals surface area contributed by atoms with Crippen LogP contribution in [0.3, 0.4) is 0 Å². The molecule has 0 aliphatic heterocycles. The quantitative estimate of drug-likeness (QED) is 0.689. The third-order valence-corrected chi connectivity index (χ3v) is 5.16. The van der Waals surface area contributed by atoms with Gasteiger partial charge in [0.05, 0.1) is 0 Å². The standard InChI is InChI=1S/C13H21ClN2O2S/c1-15(11-6-10-14)19(17,18)16(2)12-9-13-7-4-3-5-8-13/h3-5,7-8H,6,9-12H2,1-2H3. The van der Waals surface area contributed by atoms with Crippen molar-refractivity contribution in [3.8, 4) is 0 Å². The normalized spacial score (nSPS) is 12.3. The van der Waals surface area contributed by atoms with Crippen LogP contribution in [0, 0.1) is 0 Å². The van der Waals surface area contributed by atoms with Gasteiger partial charge in [0.15, 0.2) is 0 Å². The molecule has 0 saturated carbocycles. The molecule has 1 rings (SSSR count). The minimum absolute atomic E-state index is 0.446. The van der Waals surface area contributed by atoms with Gasteiger partial charge in [-0.2, -0.15) is 17.0 Å². The molecule has 0 aromatic heterocycles. The average Bonchev–Trinajstić information content (AvgIpc) is 2.42. The van der Waals surface area contributed by atoms with E-state index in [-0.39, 0.29) is 0 Å². The van der Waals surface area contributed by atoms with Gasteiger partial charge in [-0.25, -0.2) is 0 Å². The first kappa shape index (κ1) is 16.4. The van der Waals surface area contributed by atoms with E-state index in [1.54, 1.807) is 14.1 Å². The molecule has 0 unspecified atom stereocenters. The van der Waals surface area contributed by atoms with Gasteiger partial charge in [0.25, 0.3) is 10.2 Å². The maximum Gasteiger partial charge on any atom is 0.281 e. The van der Waals surface area contributed by atoms with E-state index in [2.05, 4.69) is 0 Å². The summed E-state index contributed by atoms with van der Waals surface area (Å²) in [5, 5.41) is 0. The molecule has 0 N–H and O–H groups in total. The minimum atomic E-state index is -3.37. The number of likely N-dealkylation sites (N-methyl/N-ethyl adjacent to an activating group) is 1. The van der Waals surface area contributed by atoms with Crippen molar-refractivity contribution in [2.75, 3.05) is 33.1 Å². The molecule has 4 nitrogen and oxygen atoms in total. The average molecular weight is 305 g/mol. The van der Waals surface area contributed by atoms with Gasteiger partial charge in [-0.15, -0.1) is 11.6 Å². The van der Waals surface area contributed by atoms with E-state index in [1.807, 2.05) is 30.3 Å². The summed E-state index contributed by atoms with van der Waals surface area (Å²) in [6.45, 7) is 0.916. The maximum absolute atomic E-state index is 12.2. The van der Waals surface area contributed by atoms with Crippen molar-refractivity contribution in [3.63, 3.8) is 0 Å². The first-order valence-electron chi connectivity index (χ1n) is 6.26. The number of hydrogen-bond acceptors (Lipinski definition) is 2. The molecule has 0 atom stereocenters. The van der Waals surface area contributed by atoms with Crippen LogP contribution < -0.4 is 0 Å². The number of halogens is 1. The van der Waals surface area contributed by atoms with Crippen LogP contribution in [0.4, 0.5) is 0 Å². The Kier molecular flexibility index (Phi) is 6.79. The van der Waals surface area contributed by atoms with Crippen molar-refractivity contribution in [2.24, 2.45) is 0 Å². The van der Waals surface area contributed by atoms with Crippen LogP contribution in [-0.2, 0) is 16.6 Å². The predicted molar refractivity (Wildman–Crippen MR) is 79.7 cm³/mol. The third-order valence-electron chi connectivity index (χ3n) is 2.95. The van der Waals surface area contributed by atoms with Crippen molar-refractivity contribution < 1.29 is 8.42 Å². The largest absolute Gasteiger partial charge is 0.281 e. The van der Waals surface area contributed by atoms with Gasteiger partial charge >= 0.3 is 0 Å². The van der Waals surface area contributed by atoms with Crippen molar-refractivity contribution in [3.05, 3.63) is 35.9 Å². The fourth-order valence-corrected chi connectivity index (χ4v) is 2.96. The summed E-state index contributed by atoms with van der Waals surface area (Å²) in [4.78, 5) is 0. The molecule has 0 fully saturated rings. The predicted octanol–water partition coefficient (Wildman–Crippen LogP) is 1.97. The lowest BCUT2D eigenvalue weighted by molar-refractivity contribution is 0.394. The van der Waals surface area contributed by atoms with Crippen molar-refractivity contribution in [2.45, 2.75) is 12.8 Å². The van der Waals surface area contributed by atoms with E-state index in [4.69, 9.17) is 11.6 Å². The summed E-state index contributed by atoms with van der Waals surface area (Å²) in [6, 6.07) is 9.85. The molecule has 0 aliphatic carbocycles. The van der Waals surface area contributed by atoms with Crippen LogP contribution >= 0.6 is 11.6 Å². The topological polar surface area (TPSA) is 40.6 Å². The Labute approximate surface area is 121 Å². The Morgan fingerprint density at radius 2 is 1.63 bits per heavy atom. The smallest absolute Gasteiger partial charge is 0.195 e. The monoisotopic (exact) mass is 304 g/mol. The van der Waals surface area contributed by atoms with E-state index < -0.39 is 10.2 Å². The molecule has 1 aromatic rings. The zero-order valence-corrected chi connectivity index (χ0v) is 13.0. The molecule has 19 heavy (non-hydrogen) atoms. The van der Waals surface area contributed by atoms with Crippen molar-refractivity contribution in [1.29, 1.82) is 0 Å². The Morgan fingerprint density at radius 3 is 2.21 bits per heavy atom. The van der Waals surface area contributed by atoms with Crippen molar-refractivity contribution in [1.82, 2.24) is 8.61 Å². The van der Waals surface area contributed by atoms with Crippen LogP contribution in [0.15, 0.2) is 30.3 Å². The first-order chi connectivity index (χ1) is 8.98. The number of rotatable bonds is 8. The zero-order valence-electron chi connectivity index (χ0n) is 11.4. The second kappa shape index (κ2) is 7.85. The molecule has 1 aromatic carbocycles. The van der Waals surface area contributed by atoms with Crippen LogP contribution in [0.5, 0.6) is 0 Å². The molecule has 0 aliphatic rings. The highest BCUT2D eigenvalue weighted by atomic mass is 35.5. The highest BCUT2D eigenvalue weighted by Gasteiger charge is 2.22. The summed E-state index contributed by atoms with van der Waals surface area (Å²) < 4.78 is 27.1. The number of hydrogen-bond donors (Lipinski definition) is 0. The van der Waals surface area contributed by atoms with E-state index in [1.165, 1.54) is 8.61 Å². The van der Waals surface area contributed by atoms with Gasteiger partial charge in [-0.1, -0.05) is 30.3 Å². The SMILES string of the molecule is CN(CCCCl)S(=O)(=O)N(C)CCc1ccccc1. The summed E-state index contributed by atoms with van der Waals surface area (Å²) >= 11 is 5.58. The lowest BCUT2D eigenvalue weighted by Gasteiger charge is -2.24. The summed E-state index contributed by atoms with van der Waals surface area (Å²) in [5.74, 6) is 0.466. The molecule has 0 saturated heterocycles. The molecule has 0 spiro atoms. The van der Waals surface area contributed by atoms with E-state index in [0.29, 0.717) is 31.8 Å². The Balaban J connectivity index is 2.54. The van der Waals surface area contributed by atoms with E-state index in [0.717, 1.165) is 5.56 Å². The Bertz CT molecular complexity index is 465. The molecule has 0 bridgehead atoms. The van der Waals surface area contributed by atoms with Gasteiger partial charge in [0.2, 0.25) is 0 Å². The molecule has 6 heteroatoms. The molecule has 0 radical (unpaired) electrons. The third kappa shape index (κ3) is 5.10. The van der Waals surface area contributed by atoms with Crippen LogP contribution in [0.1, 0.15) is 12.0 Å². The second-order valence-corrected chi connectivity index (χ2v) is 6.95. The number of nitrogens with zero attached hydrogens (tertiary/aromatic N) is 2. The Morgan fingerprint density at radius 1 is 1.05 bits per heavy atom. The van der Waals surface area contributed by atoms with Gasteiger partial charge in [0.1, 0.15) is 0 Å². The van der Waals surface area contributed by atoms with Gasteiger partial charge in [-0.05, 0) is 18.4 Å². The molecule has 108 valence electrons. The first-order valence-corrected chi connectivity index (χ1v) is 8.19. The van der Waals surface area contributed by atoms with Crippen LogP contribution in [0.25, 0.3) is 0 Å². The number of alkyl halides is 1. The fourth-order valence-electron chi connectivity index (χ4n) is 1.68. The number of benzene rings is 1. The van der Waals surface area contributed by atoms with Gasteiger partial charge in [-0.3, -0.25) is 0 Å². The molecule has 0 heterocycles. The molecule has 0 amide bonds. The molecular formula is C13H21ClN2O2S. The highest BCUT2D eigenvalue weighted by molar-refractivity contribution is 7.86. The fraction of sp³-hybridized carbons (Fsp3) is 0.538. The van der Waals surface area contributed by atoms with Gasteiger partial charge in [0, 0.05) is 33.1 Å². The van der Waals surface area contributed by atoms with E-state index in [9.17, 15) is 8.42 Å². The maximum atomic E-state index is 12.2. The van der Waals surface area contributed by atoms with Crippen molar-refractivity contribution >= 4 is 21.8 Å². The summed E-state index contributed by atoms with van der Waals surface area (Å²) in [7, 11) is -0.183. The Hall–Kier alpha value is -0.620. The highest BCUT2D eigenvalue weighted by Crippen LogP contribution is 2.07. The lowest BCUT2D eigenvalue weighted by atomic mass is 10.2. The zero-order chi connectivity index (χ0) is 14.3. The lowest BCUT2D eigenvalue weighted by Crippen LogP contribution is -2.41. The second-order valence-electron chi connectivity index (χ2n) is 4.43. The summed E-state index contributed by atoms with van der Waals surface area (Å²) in [5.41, 5.74) is 1.13. The van der Waals surface area contributed by atoms with Gasteiger partial charge < -0.3 is 0 Å².